The van der Waals surface area contributed by atoms with Gasteiger partial charge in [-0.15, -0.1) is 11.6 Å². The van der Waals surface area contributed by atoms with E-state index in [4.69, 9.17) is 16.3 Å². The lowest BCUT2D eigenvalue weighted by atomic mass is 10.1. The summed E-state index contributed by atoms with van der Waals surface area (Å²) in [6.45, 7) is 2.58. The molecule has 1 N–H and O–H groups in total. The van der Waals surface area contributed by atoms with Crippen LogP contribution in [0.4, 0.5) is 0 Å². The first-order chi connectivity index (χ1) is 9.91. The minimum atomic E-state index is -3.16. The second-order valence-corrected chi connectivity index (χ2v) is 7.76. The maximum absolute atomic E-state index is 12.2. The van der Waals surface area contributed by atoms with Crippen LogP contribution >= 0.6 is 11.6 Å². The third kappa shape index (κ3) is 4.35. The third-order valence-corrected chi connectivity index (χ3v) is 5.54. The van der Waals surface area contributed by atoms with Crippen LogP contribution in [0.2, 0.25) is 0 Å². The Morgan fingerprint density at radius 1 is 1.43 bits per heavy atom. The summed E-state index contributed by atoms with van der Waals surface area (Å²) in [5.41, 5.74) is 0.428. The van der Waals surface area contributed by atoms with E-state index in [1.54, 1.807) is 24.3 Å². The summed E-state index contributed by atoms with van der Waals surface area (Å²) in [7, 11) is -3.16. The van der Waals surface area contributed by atoms with Crippen LogP contribution in [0, 0.1) is 0 Å². The zero-order valence-corrected chi connectivity index (χ0v) is 13.3. The molecule has 1 heterocycles. The first-order valence-electron chi connectivity index (χ1n) is 6.79. The van der Waals surface area contributed by atoms with Gasteiger partial charge in [0.1, 0.15) is 5.75 Å². The molecular formula is C14H18ClNO4S. The molecule has 7 heteroatoms. The van der Waals surface area contributed by atoms with E-state index in [9.17, 15) is 13.2 Å². The van der Waals surface area contributed by atoms with E-state index in [2.05, 4.69) is 5.32 Å². The standard InChI is InChI=1S/C14H18ClNO4S/c1-2-6-20-11-5-3-4-10(7-11)14(17)16-13-9-21(18,19)8-12(13)15/h3-5,7,12-13H,2,6,8-9H2,1H3,(H,16,17). The molecule has 2 rings (SSSR count). The highest BCUT2D eigenvalue weighted by Gasteiger charge is 2.37. The van der Waals surface area contributed by atoms with Crippen molar-refractivity contribution in [2.24, 2.45) is 0 Å². The average molecular weight is 332 g/mol. The van der Waals surface area contributed by atoms with Gasteiger partial charge in [0.2, 0.25) is 0 Å². The highest BCUT2D eigenvalue weighted by atomic mass is 35.5. The van der Waals surface area contributed by atoms with E-state index in [1.165, 1.54) is 0 Å². The normalized spacial score (nSPS) is 23.7. The van der Waals surface area contributed by atoms with Crippen LogP contribution in [0.25, 0.3) is 0 Å². The minimum absolute atomic E-state index is 0.0981. The second-order valence-electron chi connectivity index (χ2n) is 5.05. The topological polar surface area (TPSA) is 72.5 Å². The zero-order chi connectivity index (χ0) is 15.5. The molecule has 1 fully saturated rings. The van der Waals surface area contributed by atoms with Gasteiger partial charge in [0.25, 0.3) is 5.91 Å². The molecule has 1 aliphatic heterocycles. The van der Waals surface area contributed by atoms with E-state index in [1.807, 2.05) is 6.92 Å². The molecule has 5 nitrogen and oxygen atoms in total. The van der Waals surface area contributed by atoms with Crippen LogP contribution in [0.5, 0.6) is 5.75 Å². The molecule has 21 heavy (non-hydrogen) atoms. The van der Waals surface area contributed by atoms with Gasteiger partial charge in [0, 0.05) is 5.56 Å². The Kier molecular flexibility index (Phi) is 5.11. The van der Waals surface area contributed by atoms with E-state index in [0.29, 0.717) is 17.9 Å². The van der Waals surface area contributed by atoms with E-state index in [-0.39, 0.29) is 17.4 Å². The van der Waals surface area contributed by atoms with Gasteiger partial charge >= 0.3 is 0 Å². The third-order valence-electron chi connectivity index (χ3n) is 3.17. The first-order valence-corrected chi connectivity index (χ1v) is 9.05. The van der Waals surface area contributed by atoms with Crippen molar-refractivity contribution in [3.05, 3.63) is 29.8 Å². The molecular weight excluding hydrogens is 314 g/mol. The maximum atomic E-state index is 12.2. The van der Waals surface area contributed by atoms with Crippen LogP contribution in [-0.4, -0.2) is 43.9 Å². The summed E-state index contributed by atoms with van der Waals surface area (Å²) in [6, 6.07) is 6.24. The summed E-state index contributed by atoms with van der Waals surface area (Å²) in [6.07, 6.45) is 0.879. The number of halogens is 1. The number of nitrogens with one attached hydrogen (secondary N) is 1. The molecule has 0 bridgehead atoms. The fourth-order valence-corrected chi connectivity index (χ4v) is 4.69. The highest BCUT2D eigenvalue weighted by molar-refractivity contribution is 7.91. The highest BCUT2D eigenvalue weighted by Crippen LogP contribution is 2.19. The molecule has 0 radical (unpaired) electrons. The van der Waals surface area contributed by atoms with Gasteiger partial charge < -0.3 is 10.1 Å². The fraction of sp³-hybridized carbons (Fsp3) is 0.500. The number of benzene rings is 1. The minimum Gasteiger partial charge on any atom is -0.494 e. The van der Waals surface area contributed by atoms with Gasteiger partial charge in [-0.3, -0.25) is 4.79 Å². The monoisotopic (exact) mass is 331 g/mol. The lowest BCUT2D eigenvalue weighted by Gasteiger charge is -2.14. The van der Waals surface area contributed by atoms with Crippen molar-refractivity contribution in [3.63, 3.8) is 0 Å². The Bertz CT molecular complexity index is 617. The smallest absolute Gasteiger partial charge is 0.251 e. The van der Waals surface area contributed by atoms with Crippen molar-refractivity contribution >= 4 is 27.3 Å². The molecule has 0 aliphatic carbocycles. The molecule has 2 atom stereocenters. The van der Waals surface area contributed by atoms with Crippen LogP contribution in [0.1, 0.15) is 23.7 Å². The largest absolute Gasteiger partial charge is 0.494 e. The second kappa shape index (κ2) is 6.66. The Labute approximate surface area is 129 Å². The molecule has 1 saturated heterocycles. The number of sulfone groups is 1. The van der Waals surface area contributed by atoms with Crippen LogP contribution in [0.3, 0.4) is 0 Å². The lowest BCUT2D eigenvalue weighted by Crippen LogP contribution is -2.40. The number of hydrogen-bond acceptors (Lipinski definition) is 4. The Morgan fingerprint density at radius 2 is 2.19 bits per heavy atom. The van der Waals surface area contributed by atoms with E-state index < -0.39 is 21.3 Å². The molecule has 0 saturated carbocycles. The zero-order valence-electron chi connectivity index (χ0n) is 11.7. The van der Waals surface area contributed by atoms with Gasteiger partial charge in [-0.25, -0.2) is 8.42 Å². The summed E-state index contributed by atoms with van der Waals surface area (Å²) in [4.78, 5) is 12.2. The summed E-state index contributed by atoms with van der Waals surface area (Å²) >= 11 is 5.98. The Morgan fingerprint density at radius 3 is 2.81 bits per heavy atom. The molecule has 2 unspecified atom stereocenters. The van der Waals surface area contributed by atoms with Crippen molar-refractivity contribution in [2.75, 3.05) is 18.1 Å². The number of hydrogen-bond donors (Lipinski definition) is 1. The molecule has 1 aromatic carbocycles. The maximum Gasteiger partial charge on any atom is 0.251 e. The van der Waals surface area contributed by atoms with Crippen molar-refractivity contribution in [2.45, 2.75) is 24.8 Å². The van der Waals surface area contributed by atoms with Crippen molar-refractivity contribution in [1.82, 2.24) is 5.32 Å². The van der Waals surface area contributed by atoms with Gasteiger partial charge in [-0.2, -0.15) is 0 Å². The molecule has 1 aromatic rings. The number of alkyl halides is 1. The van der Waals surface area contributed by atoms with Crippen LogP contribution in [-0.2, 0) is 9.84 Å². The first kappa shape index (κ1) is 16.1. The SMILES string of the molecule is CCCOc1cccc(C(=O)NC2CS(=O)(=O)CC2Cl)c1. The van der Waals surface area contributed by atoms with Crippen molar-refractivity contribution < 1.29 is 17.9 Å². The molecule has 0 spiro atoms. The summed E-state index contributed by atoms with van der Waals surface area (Å²) in [5, 5.41) is 2.09. The number of carbonyl (C=O) groups excluding carboxylic acids is 1. The number of ether oxygens (including phenoxy) is 1. The molecule has 0 aromatic heterocycles. The Hall–Kier alpha value is -1.27. The van der Waals surface area contributed by atoms with Gasteiger partial charge in [-0.05, 0) is 24.6 Å². The summed E-state index contributed by atoms with van der Waals surface area (Å²) < 4.78 is 28.4. The predicted octanol–water partition coefficient (Wildman–Crippen LogP) is 1.61. The van der Waals surface area contributed by atoms with Gasteiger partial charge in [-0.1, -0.05) is 13.0 Å². The summed E-state index contributed by atoms with van der Waals surface area (Å²) in [5.74, 6) is 0.0635. The van der Waals surface area contributed by atoms with Gasteiger partial charge in [0.05, 0.1) is 29.5 Å². The van der Waals surface area contributed by atoms with E-state index in [0.717, 1.165) is 6.42 Å². The van der Waals surface area contributed by atoms with Crippen LogP contribution in [0.15, 0.2) is 24.3 Å². The molecule has 116 valence electrons. The number of amides is 1. The Balaban J connectivity index is 2.03. The van der Waals surface area contributed by atoms with Crippen molar-refractivity contribution in [3.8, 4) is 5.75 Å². The molecule has 1 amide bonds. The number of rotatable bonds is 5. The predicted molar refractivity (Wildman–Crippen MR) is 81.8 cm³/mol. The van der Waals surface area contributed by atoms with E-state index >= 15 is 0 Å². The number of carbonyl (C=O) groups is 1. The molecule has 1 aliphatic rings. The van der Waals surface area contributed by atoms with Crippen molar-refractivity contribution in [1.29, 1.82) is 0 Å². The average Bonchev–Trinajstić information content (AvgIpc) is 2.69. The van der Waals surface area contributed by atoms with Gasteiger partial charge in [0.15, 0.2) is 9.84 Å². The van der Waals surface area contributed by atoms with Crippen LogP contribution < -0.4 is 10.1 Å². The lowest BCUT2D eigenvalue weighted by molar-refractivity contribution is 0.0941. The quantitative estimate of drug-likeness (QED) is 0.832. The fourth-order valence-electron chi connectivity index (χ4n) is 2.14.